The molecular formula is C17H27ClN2O. The Morgan fingerprint density at radius 3 is 2.29 bits per heavy atom. The molecule has 1 saturated heterocycles. The zero-order valence-electron chi connectivity index (χ0n) is 13.6. The summed E-state index contributed by atoms with van der Waals surface area (Å²) in [6.45, 7) is 11.6. The molecule has 0 aliphatic carbocycles. The molecular weight excluding hydrogens is 284 g/mol. The third-order valence-electron chi connectivity index (χ3n) is 3.95. The van der Waals surface area contributed by atoms with E-state index in [9.17, 15) is 4.79 Å². The number of piperazine rings is 1. The van der Waals surface area contributed by atoms with Crippen LogP contribution in [0.25, 0.3) is 0 Å². The fraction of sp³-hybridized carbons (Fsp3) is 0.588. The van der Waals surface area contributed by atoms with Crippen LogP contribution in [-0.2, 0) is 0 Å². The minimum Gasteiger partial charge on any atom is -0.368 e. The van der Waals surface area contributed by atoms with Gasteiger partial charge in [0.1, 0.15) is 0 Å². The number of carbonyl (C=O) groups is 1. The Hall–Kier alpha value is -1.22. The van der Waals surface area contributed by atoms with Crippen LogP contribution in [0.3, 0.4) is 0 Å². The van der Waals surface area contributed by atoms with E-state index in [0.717, 1.165) is 19.5 Å². The molecule has 118 valence electrons. The molecule has 0 N–H and O–H groups in total. The van der Waals surface area contributed by atoms with E-state index in [2.05, 4.69) is 43.0 Å². The molecule has 4 heteroatoms. The number of anilines is 1. The lowest BCUT2D eigenvalue weighted by Crippen LogP contribution is -2.47. The Morgan fingerprint density at radius 2 is 1.76 bits per heavy atom. The number of halogens is 1. The summed E-state index contributed by atoms with van der Waals surface area (Å²) in [5.41, 5.74) is 2.70. The maximum atomic E-state index is 11.1. The minimum absolute atomic E-state index is 0.338. The summed E-state index contributed by atoms with van der Waals surface area (Å²) in [5.74, 6) is 0.559. The zero-order valence-corrected chi connectivity index (χ0v) is 14.4. The first kappa shape index (κ1) is 17.8. The minimum atomic E-state index is -0.338. The molecule has 1 aromatic rings. The summed E-state index contributed by atoms with van der Waals surface area (Å²) in [4.78, 5) is 15.2. The Labute approximate surface area is 133 Å². The largest absolute Gasteiger partial charge is 0.368 e. The van der Waals surface area contributed by atoms with Crippen LogP contribution in [-0.4, -0.2) is 36.4 Å². The summed E-state index contributed by atoms with van der Waals surface area (Å²) in [5, 5.41) is -0.338. The first-order valence-corrected chi connectivity index (χ1v) is 8.29. The quantitative estimate of drug-likeness (QED) is 0.596. The summed E-state index contributed by atoms with van der Waals surface area (Å²) < 4.78 is 0. The summed E-state index contributed by atoms with van der Waals surface area (Å²) in [6.07, 6.45) is 1.14. The van der Waals surface area contributed by atoms with Gasteiger partial charge in [-0.15, -0.1) is 0 Å². The number of amides is 1. The van der Waals surface area contributed by atoms with E-state index in [-0.39, 0.29) is 5.37 Å². The summed E-state index contributed by atoms with van der Waals surface area (Å²) in [6, 6.07) is 8.58. The maximum absolute atomic E-state index is 11.1. The topological polar surface area (TPSA) is 23.6 Å². The molecule has 3 nitrogen and oxygen atoms in total. The van der Waals surface area contributed by atoms with Crippen molar-refractivity contribution in [2.75, 3.05) is 31.1 Å². The number of benzene rings is 1. The van der Waals surface area contributed by atoms with Gasteiger partial charge in [0.25, 0.3) is 0 Å². The van der Waals surface area contributed by atoms with E-state index in [1.54, 1.807) is 4.90 Å². The smallest absolute Gasteiger partial charge is 0.316 e. The molecule has 1 unspecified atom stereocenters. The van der Waals surface area contributed by atoms with Gasteiger partial charge in [-0.25, -0.2) is 0 Å². The van der Waals surface area contributed by atoms with Crippen molar-refractivity contribution in [1.29, 1.82) is 0 Å². The van der Waals surface area contributed by atoms with Crippen molar-refractivity contribution < 1.29 is 4.79 Å². The lowest BCUT2D eigenvalue weighted by molar-refractivity contribution is 0.218. The van der Waals surface area contributed by atoms with E-state index >= 15 is 0 Å². The van der Waals surface area contributed by atoms with Crippen LogP contribution in [0.15, 0.2) is 24.3 Å². The van der Waals surface area contributed by atoms with Crippen LogP contribution in [0.1, 0.15) is 45.6 Å². The number of rotatable bonds is 3. The van der Waals surface area contributed by atoms with Crippen molar-refractivity contribution in [3.05, 3.63) is 29.8 Å². The van der Waals surface area contributed by atoms with Gasteiger partial charge in [0.15, 0.2) is 0 Å². The van der Waals surface area contributed by atoms with Gasteiger partial charge >= 0.3 is 5.37 Å². The Morgan fingerprint density at radius 1 is 1.19 bits per heavy atom. The maximum Gasteiger partial charge on any atom is 0.316 e. The highest BCUT2D eigenvalue weighted by Gasteiger charge is 2.22. The normalized spacial score (nSPS) is 16.0. The second kappa shape index (κ2) is 8.93. The van der Waals surface area contributed by atoms with Crippen molar-refractivity contribution >= 4 is 22.7 Å². The molecule has 0 spiro atoms. The monoisotopic (exact) mass is 310 g/mol. The average molecular weight is 311 g/mol. The van der Waals surface area contributed by atoms with Gasteiger partial charge < -0.3 is 9.80 Å². The average Bonchev–Trinajstić information content (AvgIpc) is 2.56. The van der Waals surface area contributed by atoms with Gasteiger partial charge in [0.2, 0.25) is 0 Å². The molecule has 1 fully saturated rings. The Bertz CT molecular complexity index is 442. The molecule has 2 rings (SSSR count). The molecule has 0 saturated carbocycles. The van der Waals surface area contributed by atoms with Crippen molar-refractivity contribution in [3.63, 3.8) is 0 Å². The standard InChI is InChI=1S/C15H21ClN2O.C2H6/c1-3-12(2)13-6-4-5-7-14(13)17-8-10-18(11-9-17)15(16)19;1-2/h4-7,12H,3,8-11H2,1-2H3;1-2H3. The Balaban J connectivity index is 0.00000106. The molecule has 21 heavy (non-hydrogen) atoms. The lowest BCUT2D eigenvalue weighted by Gasteiger charge is -2.36. The van der Waals surface area contributed by atoms with Gasteiger partial charge in [-0.3, -0.25) is 4.79 Å². The number of carbonyl (C=O) groups excluding carboxylic acids is 1. The lowest BCUT2D eigenvalue weighted by atomic mass is 9.96. The van der Waals surface area contributed by atoms with Crippen molar-refractivity contribution in [3.8, 4) is 0 Å². The number of hydrogen-bond acceptors (Lipinski definition) is 2. The molecule has 0 aromatic heterocycles. The van der Waals surface area contributed by atoms with E-state index < -0.39 is 0 Å². The van der Waals surface area contributed by atoms with E-state index in [1.165, 1.54) is 11.3 Å². The van der Waals surface area contributed by atoms with Gasteiger partial charge in [-0.1, -0.05) is 45.9 Å². The van der Waals surface area contributed by atoms with E-state index in [1.807, 2.05) is 13.8 Å². The highest BCUT2D eigenvalue weighted by molar-refractivity contribution is 6.62. The fourth-order valence-corrected chi connectivity index (χ4v) is 2.70. The van der Waals surface area contributed by atoms with Crippen molar-refractivity contribution in [2.24, 2.45) is 0 Å². The molecule has 1 aliphatic heterocycles. The van der Waals surface area contributed by atoms with E-state index in [4.69, 9.17) is 11.6 Å². The second-order valence-corrected chi connectivity index (χ2v) is 5.42. The van der Waals surface area contributed by atoms with Crippen molar-refractivity contribution in [1.82, 2.24) is 4.90 Å². The van der Waals surface area contributed by atoms with Crippen LogP contribution in [0.5, 0.6) is 0 Å². The van der Waals surface area contributed by atoms with Gasteiger partial charge in [0.05, 0.1) is 0 Å². The number of hydrogen-bond donors (Lipinski definition) is 0. The number of nitrogens with zero attached hydrogens (tertiary/aromatic N) is 2. The molecule has 0 bridgehead atoms. The van der Waals surface area contributed by atoms with Gasteiger partial charge in [-0.05, 0) is 35.6 Å². The van der Waals surface area contributed by atoms with Crippen LogP contribution in [0.4, 0.5) is 10.5 Å². The van der Waals surface area contributed by atoms with Crippen molar-refractivity contribution in [2.45, 2.75) is 40.0 Å². The third-order valence-corrected chi connectivity index (χ3v) is 4.19. The first-order chi connectivity index (χ1) is 10.1. The zero-order chi connectivity index (χ0) is 15.8. The summed E-state index contributed by atoms with van der Waals surface area (Å²) in [7, 11) is 0. The highest BCUT2D eigenvalue weighted by Crippen LogP contribution is 2.30. The van der Waals surface area contributed by atoms with Gasteiger partial charge in [-0.2, -0.15) is 0 Å². The molecule has 1 heterocycles. The van der Waals surface area contributed by atoms with Crippen LogP contribution < -0.4 is 4.90 Å². The predicted octanol–water partition coefficient (Wildman–Crippen LogP) is 4.71. The molecule has 1 aliphatic rings. The third kappa shape index (κ3) is 4.63. The van der Waals surface area contributed by atoms with Crippen LogP contribution >= 0.6 is 11.6 Å². The molecule has 1 amide bonds. The first-order valence-electron chi connectivity index (χ1n) is 7.91. The second-order valence-electron chi connectivity index (χ2n) is 5.10. The van der Waals surface area contributed by atoms with Gasteiger partial charge in [0, 0.05) is 31.9 Å². The van der Waals surface area contributed by atoms with Crippen LogP contribution in [0, 0.1) is 0 Å². The molecule has 1 aromatic carbocycles. The van der Waals surface area contributed by atoms with E-state index in [0.29, 0.717) is 19.0 Å². The molecule has 1 atom stereocenters. The predicted molar refractivity (Wildman–Crippen MR) is 91.5 cm³/mol. The summed E-state index contributed by atoms with van der Waals surface area (Å²) >= 11 is 5.52. The fourth-order valence-electron chi connectivity index (χ4n) is 2.54. The highest BCUT2D eigenvalue weighted by atomic mass is 35.5. The number of para-hydroxylation sites is 1. The van der Waals surface area contributed by atoms with Crippen LogP contribution in [0.2, 0.25) is 0 Å². The molecule has 0 radical (unpaired) electrons. The Kier molecular flexibility index (Phi) is 7.58. The SMILES string of the molecule is CC.CCC(C)c1ccccc1N1CCN(C(=O)Cl)CC1.